The first kappa shape index (κ1) is 12.2. The first-order valence-electron chi connectivity index (χ1n) is 6.42. The Morgan fingerprint density at radius 2 is 2.29 bits per heavy atom. The second kappa shape index (κ2) is 6.45. The number of nitrogens with one attached hydrogen (secondary N) is 1. The number of rotatable bonds is 4. The Morgan fingerprint density at radius 1 is 1.35 bits per heavy atom. The lowest BCUT2D eigenvalue weighted by Crippen LogP contribution is -2.26. The highest BCUT2D eigenvalue weighted by atomic mass is 16.5. The van der Waals surface area contributed by atoms with Crippen LogP contribution < -0.4 is 10.2 Å². The van der Waals surface area contributed by atoms with Crippen molar-refractivity contribution in [3.8, 4) is 0 Å². The molecule has 1 fully saturated rings. The summed E-state index contributed by atoms with van der Waals surface area (Å²) in [6.45, 7) is 6.85. The van der Waals surface area contributed by atoms with Gasteiger partial charge in [0.2, 0.25) is 0 Å². The molecule has 1 aromatic heterocycles. The molecule has 0 spiro atoms. The Morgan fingerprint density at radius 3 is 3.18 bits per heavy atom. The third-order valence-electron chi connectivity index (χ3n) is 2.89. The molecule has 1 aliphatic rings. The van der Waals surface area contributed by atoms with E-state index < -0.39 is 0 Å². The number of hydrogen-bond acceptors (Lipinski definition) is 4. The van der Waals surface area contributed by atoms with E-state index in [9.17, 15) is 0 Å². The minimum absolute atomic E-state index is 0.812. The molecular formula is C13H21N3O. The highest BCUT2D eigenvalue weighted by molar-refractivity contribution is 5.55. The molecule has 0 unspecified atom stereocenters. The third kappa shape index (κ3) is 3.60. The van der Waals surface area contributed by atoms with Gasteiger partial charge in [-0.3, -0.25) is 4.98 Å². The molecule has 1 aliphatic heterocycles. The van der Waals surface area contributed by atoms with E-state index in [-0.39, 0.29) is 0 Å². The first-order chi connectivity index (χ1) is 8.40. The molecule has 0 radical (unpaired) electrons. The summed E-state index contributed by atoms with van der Waals surface area (Å²) < 4.78 is 5.46. The van der Waals surface area contributed by atoms with Crippen LogP contribution >= 0.6 is 0 Å². The molecule has 0 bridgehead atoms. The number of aromatic nitrogens is 1. The number of ether oxygens (including phenoxy) is 1. The number of anilines is 2. The third-order valence-corrected chi connectivity index (χ3v) is 2.89. The molecule has 2 rings (SSSR count). The van der Waals surface area contributed by atoms with Crippen LogP contribution in [0.3, 0.4) is 0 Å². The van der Waals surface area contributed by atoms with Crippen LogP contribution in [0.4, 0.5) is 11.4 Å². The van der Waals surface area contributed by atoms with E-state index in [1.165, 1.54) is 5.69 Å². The van der Waals surface area contributed by atoms with Gasteiger partial charge in [0.15, 0.2) is 0 Å². The molecular weight excluding hydrogens is 214 g/mol. The summed E-state index contributed by atoms with van der Waals surface area (Å²) in [5.74, 6) is 0. The van der Waals surface area contributed by atoms with Crippen molar-refractivity contribution in [2.24, 2.45) is 0 Å². The predicted octanol–water partition coefficient (Wildman–Crippen LogP) is 2.13. The van der Waals surface area contributed by atoms with Gasteiger partial charge in [0.1, 0.15) is 0 Å². The van der Waals surface area contributed by atoms with Gasteiger partial charge in [-0.25, -0.2) is 0 Å². The van der Waals surface area contributed by atoms with Gasteiger partial charge in [-0.15, -0.1) is 0 Å². The predicted molar refractivity (Wildman–Crippen MR) is 70.7 cm³/mol. The van der Waals surface area contributed by atoms with E-state index in [2.05, 4.69) is 28.2 Å². The van der Waals surface area contributed by atoms with Crippen LogP contribution in [0, 0.1) is 0 Å². The Labute approximate surface area is 103 Å². The smallest absolute Gasteiger partial charge is 0.0641 e. The zero-order chi connectivity index (χ0) is 11.9. The summed E-state index contributed by atoms with van der Waals surface area (Å²) in [5, 5.41) is 3.37. The van der Waals surface area contributed by atoms with Gasteiger partial charge in [0, 0.05) is 26.2 Å². The van der Waals surface area contributed by atoms with Gasteiger partial charge in [0.25, 0.3) is 0 Å². The van der Waals surface area contributed by atoms with E-state index in [1.54, 1.807) is 0 Å². The van der Waals surface area contributed by atoms with Crippen LogP contribution in [0.2, 0.25) is 0 Å². The Bertz CT molecular complexity index is 335. The molecule has 0 amide bonds. The molecule has 1 saturated heterocycles. The van der Waals surface area contributed by atoms with Gasteiger partial charge in [0.05, 0.1) is 30.4 Å². The van der Waals surface area contributed by atoms with Crippen LogP contribution in [0.25, 0.3) is 0 Å². The van der Waals surface area contributed by atoms with E-state index in [0.717, 1.165) is 51.4 Å². The SMILES string of the molecule is CCCNc1cncc(N2CCCOCC2)c1. The Hall–Kier alpha value is -1.29. The molecule has 0 aliphatic carbocycles. The van der Waals surface area contributed by atoms with Gasteiger partial charge >= 0.3 is 0 Å². The van der Waals surface area contributed by atoms with Crippen molar-refractivity contribution < 1.29 is 4.74 Å². The lowest BCUT2D eigenvalue weighted by atomic mass is 10.3. The average Bonchev–Trinajstić information content (AvgIpc) is 2.65. The average molecular weight is 235 g/mol. The Balaban J connectivity index is 2.03. The van der Waals surface area contributed by atoms with E-state index in [0.29, 0.717) is 0 Å². The van der Waals surface area contributed by atoms with Crippen molar-refractivity contribution in [3.63, 3.8) is 0 Å². The van der Waals surface area contributed by atoms with Crippen LogP contribution in [0.15, 0.2) is 18.5 Å². The topological polar surface area (TPSA) is 37.4 Å². The lowest BCUT2D eigenvalue weighted by molar-refractivity contribution is 0.152. The number of hydrogen-bond donors (Lipinski definition) is 1. The van der Waals surface area contributed by atoms with Crippen LogP contribution in [0.1, 0.15) is 19.8 Å². The van der Waals surface area contributed by atoms with Crippen molar-refractivity contribution in [1.82, 2.24) is 4.98 Å². The fourth-order valence-corrected chi connectivity index (χ4v) is 1.97. The molecule has 2 heterocycles. The second-order valence-corrected chi connectivity index (χ2v) is 4.31. The van der Waals surface area contributed by atoms with E-state index >= 15 is 0 Å². The van der Waals surface area contributed by atoms with Gasteiger partial charge in [-0.2, -0.15) is 0 Å². The van der Waals surface area contributed by atoms with Crippen LogP contribution in [0.5, 0.6) is 0 Å². The maximum absolute atomic E-state index is 5.46. The summed E-state index contributed by atoms with van der Waals surface area (Å²) in [7, 11) is 0. The van der Waals surface area contributed by atoms with Gasteiger partial charge < -0.3 is 15.0 Å². The molecule has 17 heavy (non-hydrogen) atoms. The summed E-state index contributed by atoms with van der Waals surface area (Å²) >= 11 is 0. The number of nitrogens with zero attached hydrogens (tertiary/aromatic N) is 2. The van der Waals surface area contributed by atoms with Gasteiger partial charge in [-0.1, -0.05) is 6.92 Å². The molecule has 94 valence electrons. The van der Waals surface area contributed by atoms with Crippen molar-refractivity contribution >= 4 is 11.4 Å². The van der Waals surface area contributed by atoms with E-state index in [4.69, 9.17) is 4.74 Å². The molecule has 0 saturated carbocycles. The minimum atomic E-state index is 0.812. The van der Waals surface area contributed by atoms with Crippen molar-refractivity contribution in [2.75, 3.05) is 43.1 Å². The Kier molecular flexibility index (Phi) is 4.62. The highest BCUT2D eigenvalue weighted by Crippen LogP contribution is 2.18. The van der Waals surface area contributed by atoms with E-state index in [1.807, 2.05) is 12.4 Å². The standard InChI is InChI=1S/C13H21N3O/c1-2-4-15-12-9-13(11-14-10-12)16-5-3-7-17-8-6-16/h9-11,15H,2-8H2,1H3. The monoisotopic (exact) mass is 235 g/mol. The maximum atomic E-state index is 5.46. The summed E-state index contributed by atoms with van der Waals surface area (Å²) in [4.78, 5) is 6.64. The van der Waals surface area contributed by atoms with Crippen molar-refractivity contribution in [3.05, 3.63) is 18.5 Å². The van der Waals surface area contributed by atoms with Crippen molar-refractivity contribution in [2.45, 2.75) is 19.8 Å². The molecule has 1 N–H and O–H groups in total. The largest absolute Gasteiger partial charge is 0.384 e. The fraction of sp³-hybridized carbons (Fsp3) is 0.615. The molecule has 4 nitrogen and oxygen atoms in total. The molecule has 0 atom stereocenters. The summed E-state index contributed by atoms with van der Waals surface area (Å²) in [5.41, 5.74) is 2.30. The lowest BCUT2D eigenvalue weighted by Gasteiger charge is -2.22. The zero-order valence-electron chi connectivity index (χ0n) is 10.5. The van der Waals surface area contributed by atoms with Crippen molar-refractivity contribution in [1.29, 1.82) is 0 Å². The molecule has 4 heteroatoms. The maximum Gasteiger partial charge on any atom is 0.0641 e. The molecule has 1 aromatic rings. The zero-order valence-corrected chi connectivity index (χ0v) is 10.5. The van der Waals surface area contributed by atoms with Gasteiger partial charge in [-0.05, 0) is 18.9 Å². The highest BCUT2D eigenvalue weighted by Gasteiger charge is 2.10. The fourth-order valence-electron chi connectivity index (χ4n) is 1.97. The van der Waals surface area contributed by atoms with Crippen LogP contribution in [-0.4, -0.2) is 37.8 Å². The molecule has 0 aromatic carbocycles. The van der Waals surface area contributed by atoms with Crippen LogP contribution in [-0.2, 0) is 4.74 Å². The minimum Gasteiger partial charge on any atom is -0.384 e. The number of pyridine rings is 1. The quantitative estimate of drug-likeness (QED) is 0.867. The summed E-state index contributed by atoms with van der Waals surface area (Å²) in [6.07, 6.45) is 6.03. The normalized spacial score (nSPS) is 16.6. The first-order valence-corrected chi connectivity index (χ1v) is 6.42. The second-order valence-electron chi connectivity index (χ2n) is 4.31. The summed E-state index contributed by atoms with van der Waals surface area (Å²) in [6, 6.07) is 2.17.